The summed E-state index contributed by atoms with van der Waals surface area (Å²) in [5.41, 5.74) is -3.36. The number of carbonyl (C=O) groups is 3. The van der Waals surface area contributed by atoms with Crippen molar-refractivity contribution >= 4 is 29.4 Å². The first-order chi connectivity index (χ1) is 14.0. The fourth-order valence-corrected chi connectivity index (χ4v) is 4.25. The van der Waals surface area contributed by atoms with Crippen LogP contribution < -0.4 is 16.0 Å². The van der Waals surface area contributed by atoms with E-state index in [-0.39, 0.29) is 11.4 Å². The van der Waals surface area contributed by atoms with Crippen molar-refractivity contribution in [1.82, 2.24) is 18.9 Å². The Morgan fingerprint density at radius 3 is 2.10 bits per heavy atom. The minimum absolute atomic E-state index is 0.0419. The highest BCUT2D eigenvalue weighted by molar-refractivity contribution is 6.30. The van der Waals surface area contributed by atoms with Gasteiger partial charge in [-0.05, 0) is 17.7 Å². The molecule has 4 rings (SSSR count). The molecular weight excluding hydrogens is 416 g/mol. The van der Waals surface area contributed by atoms with E-state index in [9.17, 15) is 24.0 Å². The fraction of sp³-hybridized carbons (Fsp3) is 0.316. The number of halogens is 1. The van der Waals surface area contributed by atoms with Gasteiger partial charge in [0.25, 0.3) is 23.0 Å². The molecule has 4 amide bonds. The van der Waals surface area contributed by atoms with Crippen LogP contribution in [0.1, 0.15) is 17.0 Å². The van der Waals surface area contributed by atoms with E-state index in [1.165, 1.54) is 34.3 Å². The molecule has 0 bridgehead atoms. The fourth-order valence-electron chi connectivity index (χ4n) is 4.05. The van der Waals surface area contributed by atoms with Crippen LogP contribution in [0.5, 0.6) is 5.88 Å². The number of aromatic nitrogens is 2. The van der Waals surface area contributed by atoms with Gasteiger partial charge in [-0.25, -0.2) is 9.59 Å². The molecular formula is C19H17ClN4O6. The monoisotopic (exact) mass is 432 g/mol. The number of fused-ring (bicyclic) bond motifs is 1. The standard InChI is InChI=1S/C19H17ClN4O6/c1-21-13(25)11-12(9-6-5-7-10(20)8-9)19(30-14(11)22(2)17(21)28)15(26)23(3)18(29)24(4)16(19)27/h5-8,12H,1-4H3. The molecule has 11 heteroatoms. The highest BCUT2D eigenvalue weighted by Gasteiger charge is 2.68. The SMILES string of the molecule is CN1C(=O)N(C)C(=O)C2(Oc3c(c(=O)n(C)c(=O)n3C)C2c2cccc(Cl)c2)C1=O. The first-order valence-corrected chi connectivity index (χ1v) is 9.26. The third kappa shape index (κ3) is 2.28. The van der Waals surface area contributed by atoms with Gasteiger partial charge in [0.1, 0.15) is 0 Å². The maximum Gasteiger partial charge on any atom is 0.333 e. The number of carbonyl (C=O) groups excluding carboxylic acids is 3. The van der Waals surface area contributed by atoms with Gasteiger partial charge in [-0.1, -0.05) is 23.7 Å². The van der Waals surface area contributed by atoms with Crippen molar-refractivity contribution in [2.45, 2.75) is 11.5 Å². The Balaban J connectivity index is 2.13. The summed E-state index contributed by atoms with van der Waals surface area (Å²) in [6.45, 7) is 0. The summed E-state index contributed by atoms with van der Waals surface area (Å²) in [6.07, 6.45) is 0. The number of amides is 4. The molecule has 0 saturated carbocycles. The van der Waals surface area contributed by atoms with Gasteiger partial charge in [0.2, 0.25) is 5.88 Å². The highest BCUT2D eigenvalue weighted by atomic mass is 35.5. The van der Waals surface area contributed by atoms with Gasteiger partial charge < -0.3 is 4.74 Å². The van der Waals surface area contributed by atoms with E-state index < -0.39 is 40.6 Å². The van der Waals surface area contributed by atoms with Crippen LogP contribution in [0.2, 0.25) is 5.02 Å². The Bertz CT molecular complexity index is 1240. The minimum atomic E-state index is -2.28. The lowest BCUT2D eigenvalue weighted by molar-refractivity contribution is -0.164. The third-order valence-electron chi connectivity index (χ3n) is 5.60. The Morgan fingerprint density at radius 2 is 1.53 bits per heavy atom. The molecule has 0 aliphatic carbocycles. The second kappa shape index (κ2) is 6.30. The van der Waals surface area contributed by atoms with Crippen LogP contribution in [0, 0.1) is 0 Å². The van der Waals surface area contributed by atoms with Crippen LogP contribution in [0.4, 0.5) is 4.79 Å². The summed E-state index contributed by atoms with van der Waals surface area (Å²) in [5.74, 6) is -3.31. The molecule has 1 fully saturated rings. The zero-order valence-corrected chi connectivity index (χ0v) is 17.3. The lowest BCUT2D eigenvalue weighted by atomic mass is 9.77. The number of hydrogen-bond acceptors (Lipinski definition) is 6. The lowest BCUT2D eigenvalue weighted by Gasteiger charge is -2.41. The van der Waals surface area contributed by atoms with Crippen LogP contribution in [-0.2, 0) is 23.7 Å². The first kappa shape index (κ1) is 19.9. The van der Waals surface area contributed by atoms with Gasteiger partial charge in [0.15, 0.2) is 0 Å². The molecule has 1 saturated heterocycles. The van der Waals surface area contributed by atoms with E-state index >= 15 is 0 Å². The number of rotatable bonds is 1. The Labute approximate surface area is 174 Å². The summed E-state index contributed by atoms with van der Waals surface area (Å²) in [5, 5.41) is 0.311. The van der Waals surface area contributed by atoms with Crippen LogP contribution >= 0.6 is 11.6 Å². The van der Waals surface area contributed by atoms with E-state index in [2.05, 4.69) is 0 Å². The summed E-state index contributed by atoms with van der Waals surface area (Å²) in [6, 6.07) is 5.47. The second-order valence-electron chi connectivity index (χ2n) is 7.26. The second-order valence-corrected chi connectivity index (χ2v) is 7.70. The molecule has 1 atom stereocenters. The van der Waals surface area contributed by atoms with E-state index in [0.717, 1.165) is 18.9 Å². The van der Waals surface area contributed by atoms with E-state index in [1.807, 2.05) is 0 Å². The van der Waals surface area contributed by atoms with Crippen LogP contribution in [0.15, 0.2) is 33.9 Å². The van der Waals surface area contributed by atoms with E-state index in [0.29, 0.717) is 10.6 Å². The molecule has 1 unspecified atom stereocenters. The summed E-state index contributed by atoms with van der Waals surface area (Å²) in [7, 11) is 5.09. The van der Waals surface area contributed by atoms with Crippen LogP contribution in [0.25, 0.3) is 0 Å². The van der Waals surface area contributed by atoms with Gasteiger partial charge in [-0.2, -0.15) is 0 Å². The Hall–Kier alpha value is -3.40. The number of urea groups is 1. The number of ether oxygens (including phenoxy) is 1. The predicted octanol–water partition coefficient (Wildman–Crippen LogP) is 0.0509. The molecule has 10 nitrogen and oxygen atoms in total. The number of likely N-dealkylation sites (N-methyl/N-ethyl adjacent to an activating group) is 2. The number of barbiturate groups is 1. The van der Waals surface area contributed by atoms with Gasteiger partial charge in [-0.15, -0.1) is 0 Å². The van der Waals surface area contributed by atoms with E-state index in [1.54, 1.807) is 18.2 Å². The zero-order valence-electron chi connectivity index (χ0n) is 16.5. The molecule has 1 aromatic heterocycles. The molecule has 2 aliphatic heterocycles. The predicted molar refractivity (Wildman–Crippen MR) is 105 cm³/mol. The lowest BCUT2D eigenvalue weighted by Crippen LogP contribution is -2.70. The molecule has 156 valence electrons. The van der Waals surface area contributed by atoms with Crippen LogP contribution in [0.3, 0.4) is 0 Å². The van der Waals surface area contributed by atoms with Gasteiger partial charge in [0.05, 0.1) is 11.5 Å². The molecule has 2 aromatic rings. The number of hydrogen-bond donors (Lipinski definition) is 0. The Kier molecular flexibility index (Phi) is 4.18. The maximum absolute atomic E-state index is 13.3. The highest BCUT2D eigenvalue weighted by Crippen LogP contribution is 2.49. The maximum atomic E-state index is 13.3. The molecule has 2 aliphatic rings. The van der Waals surface area contributed by atoms with Crippen molar-refractivity contribution in [3.8, 4) is 5.88 Å². The number of imide groups is 2. The van der Waals surface area contributed by atoms with Gasteiger partial charge in [-0.3, -0.25) is 33.3 Å². The number of benzene rings is 1. The quantitative estimate of drug-likeness (QED) is 0.589. The third-order valence-corrected chi connectivity index (χ3v) is 5.83. The van der Waals surface area contributed by atoms with Gasteiger partial charge >= 0.3 is 11.7 Å². The molecule has 30 heavy (non-hydrogen) atoms. The van der Waals surface area contributed by atoms with Crippen molar-refractivity contribution in [1.29, 1.82) is 0 Å². The van der Waals surface area contributed by atoms with E-state index in [4.69, 9.17) is 16.3 Å². The summed E-state index contributed by atoms with van der Waals surface area (Å²) in [4.78, 5) is 66.1. The van der Waals surface area contributed by atoms with Crippen LogP contribution in [-0.4, -0.2) is 56.5 Å². The topological polar surface area (TPSA) is 111 Å². The largest absolute Gasteiger partial charge is 0.450 e. The average molecular weight is 433 g/mol. The first-order valence-electron chi connectivity index (χ1n) is 8.88. The molecule has 3 heterocycles. The zero-order chi connectivity index (χ0) is 22.1. The van der Waals surface area contributed by atoms with Crippen molar-refractivity contribution in [3.63, 3.8) is 0 Å². The Morgan fingerprint density at radius 1 is 0.933 bits per heavy atom. The summed E-state index contributed by atoms with van der Waals surface area (Å²) < 4.78 is 7.80. The minimum Gasteiger partial charge on any atom is -0.450 e. The average Bonchev–Trinajstić information content (AvgIpc) is 3.09. The van der Waals surface area contributed by atoms with Crippen molar-refractivity contribution in [2.24, 2.45) is 14.1 Å². The van der Waals surface area contributed by atoms with Crippen molar-refractivity contribution in [3.05, 3.63) is 61.3 Å². The molecule has 0 N–H and O–H groups in total. The summed E-state index contributed by atoms with van der Waals surface area (Å²) >= 11 is 6.13. The smallest absolute Gasteiger partial charge is 0.333 e. The van der Waals surface area contributed by atoms with Crippen molar-refractivity contribution < 1.29 is 19.1 Å². The number of nitrogens with zero attached hydrogens (tertiary/aromatic N) is 4. The van der Waals surface area contributed by atoms with Crippen molar-refractivity contribution in [2.75, 3.05) is 14.1 Å². The van der Waals surface area contributed by atoms with Gasteiger partial charge in [0, 0.05) is 33.2 Å². The molecule has 0 radical (unpaired) electrons. The molecule has 1 spiro atoms. The normalized spacial score (nSPS) is 20.0. The molecule has 1 aromatic carbocycles.